The highest BCUT2D eigenvalue weighted by Gasteiger charge is 2.45. The van der Waals surface area contributed by atoms with Crippen LogP contribution in [0.2, 0.25) is 10.0 Å². The largest absolute Gasteiger partial charge is 0.360 e. The molecule has 1 fully saturated rings. The molecule has 0 bridgehead atoms. The molecule has 4 heterocycles. The van der Waals surface area contributed by atoms with Crippen molar-refractivity contribution in [2.75, 3.05) is 17.6 Å². The van der Waals surface area contributed by atoms with Gasteiger partial charge in [-0.3, -0.25) is 14.8 Å². The van der Waals surface area contributed by atoms with Gasteiger partial charge >= 0.3 is 0 Å². The number of aryl methyl sites for hydroxylation is 1. The summed E-state index contributed by atoms with van der Waals surface area (Å²) in [4.78, 5) is 29.8. The number of benzene rings is 2. The van der Waals surface area contributed by atoms with Crippen molar-refractivity contribution < 1.29 is 4.79 Å². The molecule has 3 N–H and O–H groups in total. The Morgan fingerprint density at radius 1 is 1.22 bits per heavy atom. The first-order valence-electron chi connectivity index (χ1n) is 11.6. The van der Waals surface area contributed by atoms with Gasteiger partial charge in [-0.05, 0) is 37.3 Å². The van der Waals surface area contributed by atoms with Gasteiger partial charge < -0.3 is 10.3 Å². The van der Waals surface area contributed by atoms with Gasteiger partial charge in [0.1, 0.15) is 18.0 Å². The van der Waals surface area contributed by atoms with E-state index in [1.165, 1.54) is 6.33 Å². The molecule has 0 saturated carbocycles. The molecule has 5 aromatic rings. The fraction of sp³-hybridized carbons (Fsp3) is 0.240. The van der Waals surface area contributed by atoms with Gasteiger partial charge in [0.15, 0.2) is 10.7 Å². The van der Waals surface area contributed by atoms with E-state index in [0.29, 0.717) is 38.9 Å². The summed E-state index contributed by atoms with van der Waals surface area (Å²) < 4.78 is 1.69. The number of rotatable bonds is 6. The Morgan fingerprint density at radius 2 is 2.08 bits per heavy atom. The molecular formula is C25H22Cl2N8OS. The molecule has 3 aromatic heterocycles. The van der Waals surface area contributed by atoms with E-state index in [0.717, 1.165) is 28.2 Å². The molecule has 9 nitrogen and oxygen atoms in total. The fourth-order valence-electron chi connectivity index (χ4n) is 4.58. The number of anilines is 1. The van der Waals surface area contributed by atoms with Crippen LogP contribution in [-0.4, -0.2) is 47.8 Å². The zero-order valence-corrected chi connectivity index (χ0v) is 22.2. The van der Waals surface area contributed by atoms with Crippen LogP contribution < -0.4 is 10.6 Å². The molecule has 188 valence electrons. The molecule has 0 unspecified atom stereocenters. The van der Waals surface area contributed by atoms with Gasteiger partial charge in [0.25, 0.3) is 0 Å². The van der Waals surface area contributed by atoms with Gasteiger partial charge in [-0.25, -0.2) is 15.0 Å². The van der Waals surface area contributed by atoms with Crippen molar-refractivity contribution in [2.45, 2.75) is 17.8 Å². The average molecular weight is 553 g/mol. The van der Waals surface area contributed by atoms with Crippen molar-refractivity contribution in [2.24, 2.45) is 7.05 Å². The van der Waals surface area contributed by atoms with Crippen LogP contribution in [0.5, 0.6) is 0 Å². The van der Waals surface area contributed by atoms with Gasteiger partial charge in [0.05, 0.1) is 33.8 Å². The van der Waals surface area contributed by atoms with Crippen LogP contribution in [0.15, 0.2) is 49.1 Å². The van der Waals surface area contributed by atoms with Crippen LogP contribution in [0.3, 0.4) is 0 Å². The molecule has 1 aliphatic rings. The minimum Gasteiger partial charge on any atom is -0.360 e. The molecule has 37 heavy (non-hydrogen) atoms. The van der Waals surface area contributed by atoms with E-state index in [9.17, 15) is 4.79 Å². The average Bonchev–Trinajstić information content (AvgIpc) is 3.63. The molecule has 1 aliphatic heterocycles. The van der Waals surface area contributed by atoms with E-state index in [1.807, 2.05) is 38.4 Å². The Bertz CT molecular complexity index is 1660. The van der Waals surface area contributed by atoms with Crippen molar-refractivity contribution in [3.05, 3.63) is 76.0 Å². The van der Waals surface area contributed by atoms with Crippen molar-refractivity contribution in [3.8, 4) is 0 Å². The number of halogens is 2. The van der Waals surface area contributed by atoms with E-state index < -0.39 is 4.87 Å². The molecule has 0 radical (unpaired) electrons. The predicted octanol–water partition coefficient (Wildman–Crippen LogP) is 5.09. The smallest absolute Gasteiger partial charge is 0.199 e. The van der Waals surface area contributed by atoms with Crippen LogP contribution in [-0.2, 0) is 11.9 Å². The molecule has 0 amide bonds. The number of nitrogens with zero attached hydrogens (tertiary/aromatic N) is 5. The summed E-state index contributed by atoms with van der Waals surface area (Å²) >= 11 is 14.4. The lowest BCUT2D eigenvalue weighted by Crippen LogP contribution is -2.42. The molecule has 12 heteroatoms. The maximum atomic E-state index is 13.9. The summed E-state index contributed by atoms with van der Waals surface area (Å²) in [5, 5.41) is 12.7. The third-order valence-corrected chi connectivity index (χ3v) is 8.37. The highest BCUT2D eigenvalue weighted by molar-refractivity contribution is 8.01. The monoisotopic (exact) mass is 552 g/mol. The molecule has 2 aromatic carbocycles. The third-order valence-electron chi connectivity index (χ3n) is 6.42. The zero-order chi connectivity index (χ0) is 25.7. The van der Waals surface area contributed by atoms with E-state index in [-0.39, 0.29) is 11.8 Å². The van der Waals surface area contributed by atoms with Gasteiger partial charge in [0.2, 0.25) is 0 Å². The second-order valence-corrected chi connectivity index (χ2v) is 11.1. The quantitative estimate of drug-likeness (QED) is 0.249. The Balaban J connectivity index is 1.35. The number of hydrogen-bond donors (Lipinski definition) is 3. The van der Waals surface area contributed by atoms with Gasteiger partial charge in [-0.15, -0.1) is 11.8 Å². The Morgan fingerprint density at radius 3 is 2.84 bits per heavy atom. The third kappa shape index (κ3) is 4.23. The van der Waals surface area contributed by atoms with Gasteiger partial charge in [0, 0.05) is 47.1 Å². The Hall–Kier alpha value is -3.18. The number of hydrogen-bond acceptors (Lipinski definition) is 8. The summed E-state index contributed by atoms with van der Waals surface area (Å²) in [6.45, 7) is 2.69. The Labute approximate surface area is 226 Å². The van der Waals surface area contributed by atoms with E-state index in [2.05, 4.69) is 35.7 Å². The number of fused-ring (bicyclic) bond motifs is 2. The lowest BCUT2D eigenvalue weighted by molar-refractivity contribution is 0.0927. The minimum atomic E-state index is -0.946. The first-order valence-corrected chi connectivity index (χ1v) is 13.4. The summed E-state index contributed by atoms with van der Waals surface area (Å²) in [7, 11) is 1.83. The molecule has 0 spiro atoms. The summed E-state index contributed by atoms with van der Waals surface area (Å²) in [6.07, 6.45) is 5.04. The van der Waals surface area contributed by atoms with Crippen LogP contribution >= 0.6 is 35.0 Å². The van der Waals surface area contributed by atoms with Crippen molar-refractivity contribution >= 4 is 68.5 Å². The van der Waals surface area contributed by atoms with Crippen LogP contribution in [0.4, 0.5) is 5.82 Å². The SMILES string of the molecule is C[C@H](Nc1ncnc2cc(C(=O)[C@@]3(c4cnn(C)c4)NCCS3)c(Cl)cc12)c1nc2ccc(Cl)cc2[nH]1. The van der Waals surface area contributed by atoms with Gasteiger partial charge in [-0.2, -0.15) is 5.10 Å². The van der Waals surface area contributed by atoms with Crippen molar-refractivity contribution in [3.63, 3.8) is 0 Å². The Kier molecular flexibility index (Phi) is 6.07. The lowest BCUT2D eigenvalue weighted by Gasteiger charge is -2.26. The minimum absolute atomic E-state index is 0.127. The fourth-order valence-corrected chi connectivity index (χ4v) is 6.23. The first kappa shape index (κ1) is 24.2. The highest BCUT2D eigenvalue weighted by atomic mass is 35.5. The van der Waals surface area contributed by atoms with Gasteiger partial charge in [-0.1, -0.05) is 23.2 Å². The summed E-state index contributed by atoms with van der Waals surface area (Å²) in [5.41, 5.74) is 3.48. The van der Waals surface area contributed by atoms with E-state index >= 15 is 0 Å². The number of aromatic amines is 1. The maximum absolute atomic E-state index is 13.9. The second-order valence-electron chi connectivity index (χ2n) is 8.91. The van der Waals surface area contributed by atoms with Crippen LogP contribution in [0, 0.1) is 0 Å². The highest BCUT2D eigenvalue weighted by Crippen LogP contribution is 2.42. The van der Waals surface area contributed by atoms with Crippen LogP contribution in [0.25, 0.3) is 21.9 Å². The number of aromatic nitrogens is 6. The number of Topliss-reactive ketones (excluding diaryl/α,β-unsaturated/α-hetero) is 1. The number of thioether (sulfide) groups is 1. The zero-order valence-electron chi connectivity index (χ0n) is 19.9. The number of ketones is 1. The molecule has 1 saturated heterocycles. The maximum Gasteiger partial charge on any atom is 0.199 e. The molecule has 0 aliphatic carbocycles. The summed E-state index contributed by atoms with van der Waals surface area (Å²) in [5.74, 6) is 2.00. The number of imidazole rings is 1. The van der Waals surface area contributed by atoms with Crippen molar-refractivity contribution in [1.82, 2.24) is 35.0 Å². The van der Waals surface area contributed by atoms with Crippen molar-refractivity contribution in [1.29, 1.82) is 0 Å². The van der Waals surface area contributed by atoms with E-state index in [1.54, 1.807) is 34.8 Å². The standard InChI is InChI=1S/C25H22Cl2N8OS/c1-13(23-33-19-4-3-15(26)7-21(19)34-23)32-24-17-8-18(27)16(9-20(17)28-12-29-24)22(36)25(30-5-6-37-25)14-10-31-35(2)11-14/h3-4,7-13,30H,5-6H2,1-2H3,(H,33,34)(H,28,29,32)/t13-,25-/m0/s1. The number of carbonyl (C=O) groups is 1. The first-order chi connectivity index (χ1) is 17.8. The topological polar surface area (TPSA) is 113 Å². The second kappa shape index (κ2) is 9.29. The predicted molar refractivity (Wildman–Crippen MR) is 147 cm³/mol. The normalized spacial score (nSPS) is 18.5. The van der Waals surface area contributed by atoms with E-state index in [4.69, 9.17) is 23.2 Å². The lowest BCUT2D eigenvalue weighted by atomic mass is 9.97. The summed E-state index contributed by atoms with van der Waals surface area (Å²) in [6, 6.07) is 8.81. The molecule has 6 rings (SSSR count). The number of nitrogens with one attached hydrogen (secondary N) is 3. The molecular weight excluding hydrogens is 531 g/mol. The molecule has 2 atom stereocenters. The number of H-pyrrole nitrogens is 1. The number of carbonyl (C=O) groups excluding carboxylic acids is 1. The van der Waals surface area contributed by atoms with Crippen LogP contribution in [0.1, 0.15) is 34.7 Å².